The number of pyridine rings is 1. The molecule has 2 rings (SSSR count). The van der Waals surface area contributed by atoms with Gasteiger partial charge in [0.25, 0.3) is 0 Å². The minimum absolute atomic E-state index is 0.316. The van der Waals surface area contributed by atoms with Crippen molar-refractivity contribution in [3.63, 3.8) is 0 Å². The summed E-state index contributed by atoms with van der Waals surface area (Å²) in [5.41, 5.74) is 7.53. The van der Waals surface area contributed by atoms with E-state index in [0.717, 1.165) is 5.56 Å². The molecule has 5 nitrogen and oxygen atoms in total. The molecule has 0 spiro atoms. The van der Waals surface area contributed by atoms with Crippen LogP contribution in [0.4, 0.5) is 5.69 Å². The number of rotatable bonds is 4. The van der Waals surface area contributed by atoms with Crippen LogP contribution in [0.15, 0.2) is 36.5 Å². The van der Waals surface area contributed by atoms with E-state index in [1.165, 1.54) is 0 Å². The van der Waals surface area contributed by atoms with Crippen molar-refractivity contribution in [1.29, 1.82) is 5.26 Å². The predicted molar refractivity (Wildman–Crippen MR) is 70.7 cm³/mol. The average molecular weight is 255 g/mol. The molecule has 96 valence electrons. The van der Waals surface area contributed by atoms with E-state index in [0.29, 0.717) is 29.5 Å². The molecule has 1 heterocycles. The number of aromatic nitrogens is 1. The van der Waals surface area contributed by atoms with Crippen molar-refractivity contribution in [1.82, 2.24) is 4.98 Å². The van der Waals surface area contributed by atoms with E-state index in [-0.39, 0.29) is 0 Å². The van der Waals surface area contributed by atoms with Gasteiger partial charge in [0.2, 0.25) is 0 Å². The van der Waals surface area contributed by atoms with Crippen molar-refractivity contribution in [2.45, 2.75) is 6.61 Å². The summed E-state index contributed by atoms with van der Waals surface area (Å²) >= 11 is 0. The highest BCUT2D eigenvalue weighted by molar-refractivity contribution is 5.52. The lowest BCUT2D eigenvalue weighted by atomic mass is 10.2. The van der Waals surface area contributed by atoms with Gasteiger partial charge in [-0.1, -0.05) is 0 Å². The van der Waals surface area contributed by atoms with Crippen LogP contribution in [0, 0.1) is 11.3 Å². The van der Waals surface area contributed by atoms with Gasteiger partial charge >= 0.3 is 0 Å². The Bertz CT molecular complexity index is 620. The molecule has 0 saturated carbocycles. The summed E-state index contributed by atoms with van der Waals surface area (Å²) < 4.78 is 10.8. The quantitative estimate of drug-likeness (QED) is 0.846. The van der Waals surface area contributed by atoms with Crippen LogP contribution in [-0.2, 0) is 6.61 Å². The molecule has 2 aromatic rings. The first-order valence-electron chi connectivity index (χ1n) is 5.64. The number of nitriles is 1. The number of anilines is 1. The maximum atomic E-state index is 8.78. The Labute approximate surface area is 111 Å². The summed E-state index contributed by atoms with van der Waals surface area (Å²) in [4.78, 5) is 3.90. The van der Waals surface area contributed by atoms with Gasteiger partial charge in [-0.05, 0) is 29.8 Å². The van der Waals surface area contributed by atoms with Crippen LogP contribution in [0.25, 0.3) is 0 Å². The zero-order valence-corrected chi connectivity index (χ0v) is 10.5. The molecule has 1 aromatic carbocycles. The van der Waals surface area contributed by atoms with Gasteiger partial charge in [0.15, 0.2) is 11.5 Å². The van der Waals surface area contributed by atoms with E-state index < -0.39 is 0 Å². The van der Waals surface area contributed by atoms with Crippen LogP contribution in [-0.4, -0.2) is 12.1 Å². The average Bonchev–Trinajstić information content (AvgIpc) is 2.45. The summed E-state index contributed by atoms with van der Waals surface area (Å²) in [5, 5.41) is 8.78. The minimum atomic E-state index is 0.316. The summed E-state index contributed by atoms with van der Waals surface area (Å²) in [6.45, 7) is 0.316. The van der Waals surface area contributed by atoms with E-state index in [4.69, 9.17) is 20.5 Å². The van der Waals surface area contributed by atoms with E-state index >= 15 is 0 Å². The lowest BCUT2D eigenvalue weighted by molar-refractivity contribution is 0.284. The second-order valence-corrected chi connectivity index (χ2v) is 3.86. The minimum Gasteiger partial charge on any atom is -0.493 e. The van der Waals surface area contributed by atoms with Crippen molar-refractivity contribution in [3.8, 4) is 17.6 Å². The molecule has 0 aliphatic heterocycles. The molecule has 19 heavy (non-hydrogen) atoms. The van der Waals surface area contributed by atoms with Gasteiger partial charge < -0.3 is 15.2 Å². The number of nitrogens with two attached hydrogens (primary N) is 1. The molecule has 0 unspecified atom stereocenters. The fourth-order valence-electron chi connectivity index (χ4n) is 1.59. The smallest absolute Gasteiger partial charge is 0.163 e. The lowest BCUT2D eigenvalue weighted by Gasteiger charge is -2.11. The Hall–Kier alpha value is -2.74. The topological polar surface area (TPSA) is 81.2 Å². The van der Waals surface area contributed by atoms with Crippen molar-refractivity contribution in [3.05, 3.63) is 47.8 Å². The Kier molecular flexibility index (Phi) is 3.84. The van der Waals surface area contributed by atoms with Crippen LogP contribution < -0.4 is 15.2 Å². The van der Waals surface area contributed by atoms with Crippen LogP contribution in [0.1, 0.15) is 11.3 Å². The third-order valence-electron chi connectivity index (χ3n) is 2.52. The molecule has 0 bridgehead atoms. The Morgan fingerprint density at radius 1 is 1.26 bits per heavy atom. The highest BCUT2D eigenvalue weighted by atomic mass is 16.5. The molecule has 0 atom stereocenters. The maximum Gasteiger partial charge on any atom is 0.163 e. The fourth-order valence-corrected chi connectivity index (χ4v) is 1.59. The van der Waals surface area contributed by atoms with Gasteiger partial charge in [-0.15, -0.1) is 0 Å². The summed E-state index contributed by atoms with van der Waals surface area (Å²) in [5.74, 6) is 1.18. The first kappa shape index (κ1) is 12.7. The van der Waals surface area contributed by atoms with Crippen molar-refractivity contribution in [2.75, 3.05) is 12.8 Å². The van der Waals surface area contributed by atoms with Crippen LogP contribution in [0.5, 0.6) is 11.5 Å². The number of methoxy groups -OCH3 is 1. The monoisotopic (exact) mass is 255 g/mol. The fraction of sp³-hybridized carbons (Fsp3) is 0.143. The number of nitrogens with zero attached hydrogens (tertiary/aromatic N) is 2. The van der Waals surface area contributed by atoms with Gasteiger partial charge in [0, 0.05) is 18.0 Å². The van der Waals surface area contributed by atoms with Crippen LogP contribution >= 0.6 is 0 Å². The summed E-state index contributed by atoms with van der Waals surface area (Å²) in [7, 11) is 1.57. The van der Waals surface area contributed by atoms with Gasteiger partial charge in [-0.25, -0.2) is 4.98 Å². The molecular formula is C14H13N3O2. The van der Waals surface area contributed by atoms with E-state index in [1.807, 2.05) is 6.07 Å². The molecule has 0 radical (unpaired) electrons. The summed E-state index contributed by atoms with van der Waals surface area (Å²) in [6.07, 6.45) is 1.58. The van der Waals surface area contributed by atoms with Crippen molar-refractivity contribution >= 4 is 5.69 Å². The van der Waals surface area contributed by atoms with Gasteiger partial charge in [0.1, 0.15) is 18.4 Å². The van der Waals surface area contributed by atoms with Gasteiger partial charge in [-0.2, -0.15) is 5.26 Å². The van der Waals surface area contributed by atoms with E-state index in [2.05, 4.69) is 4.98 Å². The first-order chi connectivity index (χ1) is 9.22. The van der Waals surface area contributed by atoms with E-state index in [9.17, 15) is 0 Å². The van der Waals surface area contributed by atoms with Crippen LogP contribution in [0.3, 0.4) is 0 Å². The summed E-state index contributed by atoms with van der Waals surface area (Å²) in [6, 6.07) is 10.6. The number of hydrogen-bond donors (Lipinski definition) is 1. The Morgan fingerprint density at radius 3 is 2.84 bits per heavy atom. The predicted octanol–water partition coefficient (Wildman–Crippen LogP) is 2.12. The Balaban J connectivity index is 2.14. The number of benzene rings is 1. The number of hydrogen-bond acceptors (Lipinski definition) is 5. The Morgan fingerprint density at radius 2 is 2.11 bits per heavy atom. The molecule has 1 aromatic heterocycles. The molecule has 0 saturated heterocycles. The largest absolute Gasteiger partial charge is 0.493 e. The van der Waals surface area contributed by atoms with E-state index in [1.54, 1.807) is 43.6 Å². The molecule has 2 N–H and O–H groups in total. The number of nitrogen functional groups attached to an aromatic ring is 1. The second kappa shape index (κ2) is 5.74. The molecule has 5 heteroatoms. The first-order valence-corrected chi connectivity index (χ1v) is 5.64. The lowest BCUT2D eigenvalue weighted by Crippen LogP contribution is -1.99. The second-order valence-electron chi connectivity index (χ2n) is 3.86. The zero-order valence-electron chi connectivity index (χ0n) is 10.5. The van der Waals surface area contributed by atoms with Crippen molar-refractivity contribution < 1.29 is 9.47 Å². The molecule has 0 aliphatic carbocycles. The molecule has 0 fully saturated rings. The normalized spacial score (nSPS) is 9.68. The molecule has 0 aliphatic rings. The molecule has 0 amide bonds. The highest BCUT2D eigenvalue weighted by Gasteiger charge is 2.05. The van der Waals surface area contributed by atoms with Crippen LogP contribution in [0.2, 0.25) is 0 Å². The van der Waals surface area contributed by atoms with Crippen molar-refractivity contribution in [2.24, 2.45) is 0 Å². The third kappa shape index (κ3) is 3.13. The SMILES string of the molecule is COc1ccc(N)cc1OCc1ccnc(C#N)c1. The number of ether oxygens (including phenoxy) is 2. The third-order valence-corrected chi connectivity index (χ3v) is 2.52. The zero-order chi connectivity index (χ0) is 13.7. The standard InChI is InChI=1S/C14H13N3O2/c1-18-13-3-2-11(16)7-14(13)19-9-10-4-5-17-12(6-10)8-15/h2-7H,9,16H2,1H3. The molecular weight excluding hydrogens is 242 g/mol. The highest BCUT2D eigenvalue weighted by Crippen LogP contribution is 2.29. The maximum absolute atomic E-state index is 8.78. The van der Waals surface area contributed by atoms with Gasteiger partial charge in [-0.3, -0.25) is 0 Å². The van der Waals surface area contributed by atoms with Gasteiger partial charge in [0.05, 0.1) is 7.11 Å².